The first kappa shape index (κ1) is 25.1. The zero-order chi connectivity index (χ0) is 27.0. The van der Waals surface area contributed by atoms with E-state index in [-0.39, 0.29) is 17.2 Å². The fraction of sp³-hybridized carbons (Fsp3) is 0.414. The lowest BCUT2D eigenvalue weighted by atomic mass is 10.0. The summed E-state index contributed by atoms with van der Waals surface area (Å²) in [6.07, 6.45) is 11.6. The maximum atomic E-state index is 13.3. The lowest BCUT2D eigenvalue weighted by Gasteiger charge is -2.31. The molecule has 2 aliphatic carbocycles. The minimum atomic E-state index is -0.303. The second kappa shape index (κ2) is 10.2. The minimum Gasteiger partial charge on any atom is -0.495 e. The van der Waals surface area contributed by atoms with E-state index in [2.05, 4.69) is 25.5 Å². The molecule has 0 atom stereocenters. The van der Waals surface area contributed by atoms with Gasteiger partial charge in [0, 0.05) is 44.1 Å². The number of nitrogens with zero attached hydrogens (tertiary/aromatic N) is 5. The highest BCUT2D eigenvalue weighted by atomic mass is 16.5. The molecule has 2 aromatic heterocycles. The number of rotatable bonds is 7. The fourth-order valence-corrected chi connectivity index (χ4v) is 5.69. The van der Waals surface area contributed by atoms with Crippen LogP contribution in [0.5, 0.6) is 5.75 Å². The van der Waals surface area contributed by atoms with Crippen molar-refractivity contribution in [2.75, 3.05) is 35.8 Å². The van der Waals surface area contributed by atoms with Gasteiger partial charge >= 0.3 is 0 Å². The topological polar surface area (TPSA) is 113 Å². The van der Waals surface area contributed by atoms with Crippen molar-refractivity contribution in [2.24, 2.45) is 5.41 Å². The number of pyridine rings is 1. The second-order valence-corrected chi connectivity index (χ2v) is 10.7. The van der Waals surface area contributed by atoms with Crippen molar-refractivity contribution in [2.45, 2.75) is 51.1 Å². The summed E-state index contributed by atoms with van der Waals surface area (Å²) in [6.45, 7) is 1.09. The number of hydrogen-bond donors (Lipinski definition) is 2. The van der Waals surface area contributed by atoms with Gasteiger partial charge in [0.05, 0.1) is 24.4 Å². The van der Waals surface area contributed by atoms with Gasteiger partial charge in [0.2, 0.25) is 11.9 Å². The summed E-state index contributed by atoms with van der Waals surface area (Å²) >= 11 is 0. The Labute approximate surface area is 227 Å². The number of nitrogens with one attached hydrogen (secondary N) is 2. The van der Waals surface area contributed by atoms with Crippen LogP contribution < -0.4 is 25.2 Å². The molecule has 3 aliphatic rings. The number of carbonyl (C=O) groups is 2. The van der Waals surface area contributed by atoms with Crippen molar-refractivity contribution in [3.05, 3.63) is 60.0 Å². The lowest BCUT2D eigenvalue weighted by molar-refractivity contribution is -0.122. The van der Waals surface area contributed by atoms with Crippen molar-refractivity contribution in [1.82, 2.24) is 20.3 Å². The van der Waals surface area contributed by atoms with Gasteiger partial charge in [-0.05, 0) is 55.5 Å². The van der Waals surface area contributed by atoms with Gasteiger partial charge < -0.3 is 25.2 Å². The number of benzene rings is 1. The number of fused-ring (bicyclic) bond motifs is 1. The average molecular weight is 528 g/mol. The highest BCUT2D eigenvalue weighted by Crippen LogP contribution is 2.52. The predicted molar refractivity (Wildman–Crippen MR) is 148 cm³/mol. The molecule has 1 aliphatic heterocycles. The van der Waals surface area contributed by atoms with Crippen molar-refractivity contribution < 1.29 is 14.3 Å². The van der Waals surface area contributed by atoms with Gasteiger partial charge in [-0.25, -0.2) is 4.98 Å². The third kappa shape index (κ3) is 4.86. The Morgan fingerprint density at radius 1 is 1.18 bits per heavy atom. The normalized spacial score (nSPS) is 18.1. The Kier molecular flexibility index (Phi) is 6.54. The zero-order valence-corrected chi connectivity index (χ0v) is 22.3. The molecule has 39 heavy (non-hydrogen) atoms. The minimum absolute atomic E-state index is 0.160. The van der Waals surface area contributed by atoms with E-state index in [0.29, 0.717) is 42.1 Å². The number of carbonyl (C=O) groups excluding carboxylic acids is 2. The van der Waals surface area contributed by atoms with Crippen LogP contribution in [-0.2, 0) is 11.3 Å². The predicted octanol–water partition coefficient (Wildman–Crippen LogP) is 4.06. The second-order valence-electron chi connectivity index (χ2n) is 10.7. The molecule has 2 N–H and O–H groups in total. The molecular formula is C29H33N7O3. The Morgan fingerprint density at radius 3 is 2.72 bits per heavy atom. The van der Waals surface area contributed by atoms with Crippen LogP contribution in [0.25, 0.3) is 0 Å². The van der Waals surface area contributed by atoms with Gasteiger partial charge in [0.1, 0.15) is 11.4 Å². The van der Waals surface area contributed by atoms with E-state index >= 15 is 0 Å². The third-order valence-corrected chi connectivity index (χ3v) is 8.12. The number of ether oxygens (including phenoxy) is 1. The van der Waals surface area contributed by atoms with E-state index in [0.717, 1.165) is 42.8 Å². The number of aromatic nitrogens is 3. The van der Waals surface area contributed by atoms with E-state index in [4.69, 9.17) is 9.72 Å². The molecule has 0 bridgehead atoms. The van der Waals surface area contributed by atoms with Crippen molar-refractivity contribution in [3.63, 3.8) is 0 Å². The largest absolute Gasteiger partial charge is 0.495 e. The van der Waals surface area contributed by atoms with Gasteiger partial charge in [-0.15, -0.1) is 0 Å². The molecule has 202 valence electrons. The molecule has 10 heteroatoms. The molecule has 6 rings (SSSR count). The van der Waals surface area contributed by atoms with E-state index in [1.54, 1.807) is 48.8 Å². The van der Waals surface area contributed by atoms with Crippen LogP contribution in [-0.4, -0.2) is 53.5 Å². The van der Waals surface area contributed by atoms with E-state index in [1.807, 2.05) is 19.2 Å². The molecule has 2 fully saturated rings. The SMILES string of the molecule is COc1cc(C(=O)NCc2cccnc2)ccc1Nc1ncc2c(n1)N(C1CCCC1)CC1(CC1)C(=O)N2C. The van der Waals surface area contributed by atoms with Crippen molar-refractivity contribution in [3.8, 4) is 5.75 Å². The Bertz CT molecular complexity index is 1390. The smallest absolute Gasteiger partial charge is 0.251 e. The van der Waals surface area contributed by atoms with Crippen LogP contribution in [0.15, 0.2) is 48.9 Å². The number of hydrogen-bond acceptors (Lipinski definition) is 8. The Balaban J connectivity index is 1.25. The molecule has 0 unspecified atom stereocenters. The van der Waals surface area contributed by atoms with Gasteiger partial charge in [-0.2, -0.15) is 4.98 Å². The van der Waals surface area contributed by atoms with Crippen molar-refractivity contribution in [1.29, 1.82) is 0 Å². The molecule has 1 aromatic carbocycles. The standard InChI is InChI=1S/C29H33N7O3/c1-35-23-17-32-28(34-25(23)36(21-7-3-4-8-21)18-29(11-12-29)27(35)38)33-22-10-9-20(14-24(22)39-2)26(37)31-16-19-6-5-13-30-15-19/h5-6,9-10,13-15,17,21H,3-4,7-8,11-12,16,18H2,1-2H3,(H,31,37)(H,32,33,34). The van der Waals surface area contributed by atoms with Crippen LogP contribution in [0.3, 0.4) is 0 Å². The molecule has 3 heterocycles. The van der Waals surface area contributed by atoms with Crippen LogP contribution in [0.1, 0.15) is 54.4 Å². The summed E-state index contributed by atoms with van der Waals surface area (Å²) in [4.78, 5) is 43.7. The first-order valence-electron chi connectivity index (χ1n) is 13.5. The van der Waals surface area contributed by atoms with Crippen LogP contribution in [0, 0.1) is 5.41 Å². The van der Waals surface area contributed by atoms with Gasteiger partial charge in [-0.3, -0.25) is 14.6 Å². The summed E-state index contributed by atoms with van der Waals surface area (Å²) in [6, 6.07) is 9.34. The molecule has 2 amide bonds. The van der Waals surface area contributed by atoms with E-state index < -0.39 is 0 Å². The van der Waals surface area contributed by atoms with Gasteiger partial charge in [-0.1, -0.05) is 18.9 Å². The number of anilines is 4. The average Bonchev–Trinajstić information content (AvgIpc) is 3.58. The van der Waals surface area contributed by atoms with E-state index in [1.165, 1.54) is 12.8 Å². The van der Waals surface area contributed by atoms with Gasteiger partial charge in [0.25, 0.3) is 5.91 Å². The Morgan fingerprint density at radius 2 is 2.00 bits per heavy atom. The quantitative estimate of drug-likeness (QED) is 0.473. The summed E-state index contributed by atoms with van der Waals surface area (Å²) in [5.41, 5.74) is 2.48. The molecule has 0 radical (unpaired) electrons. The summed E-state index contributed by atoms with van der Waals surface area (Å²) in [7, 11) is 3.39. The first-order chi connectivity index (χ1) is 19.0. The molecular weight excluding hydrogens is 494 g/mol. The van der Waals surface area contributed by atoms with Gasteiger partial charge in [0.15, 0.2) is 5.82 Å². The fourth-order valence-electron chi connectivity index (χ4n) is 5.69. The monoisotopic (exact) mass is 527 g/mol. The summed E-state index contributed by atoms with van der Waals surface area (Å²) in [5.74, 6) is 1.66. The number of methoxy groups -OCH3 is 1. The first-order valence-corrected chi connectivity index (χ1v) is 13.5. The van der Waals surface area contributed by atoms with Crippen LogP contribution >= 0.6 is 0 Å². The number of amides is 2. The maximum Gasteiger partial charge on any atom is 0.251 e. The van der Waals surface area contributed by atoms with E-state index in [9.17, 15) is 9.59 Å². The molecule has 0 saturated heterocycles. The zero-order valence-electron chi connectivity index (χ0n) is 22.3. The highest BCUT2D eigenvalue weighted by molar-refractivity contribution is 6.03. The summed E-state index contributed by atoms with van der Waals surface area (Å²) < 4.78 is 5.60. The molecule has 10 nitrogen and oxygen atoms in total. The maximum absolute atomic E-state index is 13.3. The van der Waals surface area contributed by atoms with Crippen molar-refractivity contribution >= 4 is 35.0 Å². The summed E-state index contributed by atoms with van der Waals surface area (Å²) in [5, 5.41) is 6.18. The molecule has 1 spiro atoms. The Hall–Kier alpha value is -4.21. The van der Waals surface area contributed by atoms with Crippen LogP contribution in [0.4, 0.5) is 23.1 Å². The molecule has 2 saturated carbocycles. The third-order valence-electron chi connectivity index (χ3n) is 8.12. The molecule has 3 aromatic rings. The van der Waals surface area contributed by atoms with Crippen LogP contribution in [0.2, 0.25) is 0 Å². The highest BCUT2D eigenvalue weighted by Gasteiger charge is 2.55. The lowest BCUT2D eigenvalue weighted by Crippen LogP contribution is -2.41.